The van der Waals surface area contributed by atoms with E-state index in [0.717, 1.165) is 5.71 Å². The Balaban J connectivity index is 0.000000671. The molecule has 0 unspecified atom stereocenters. The highest BCUT2D eigenvalue weighted by Gasteiger charge is 1.96. The van der Waals surface area contributed by atoms with E-state index in [1.807, 2.05) is 40.0 Å². The molecule has 72 valence electrons. The fourth-order valence-electron chi connectivity index (χ4n) is 0.868. The van der Waals surface area contributed by atoms with Crippen LogP contribution in [0.4, 0.5) is 0 Å². The van der Waals surface area contributed by atoms with Crippen LogP contribution in [0.15, 0.2) is 34.0 Å². The summed E-state index contributed by atoms with van der Waals surface area (Å²) in [6.45, 7) is 6.00. The quantitative estimate of drug-likeness (QED) is 0.637. The van der Waals surface area contributed by atoms with Gasteiger partial charge in [-0.1, -0.05) is 19.9 Å². The van der Waals surface area contributed by atoms with Crippen molar-refractivity contribution in [3.05, 3.63) is 34.5 Å². The first kappa shape index (κ1) is 12.1. The average molecular weight is 195 g/mol. The Morgan fingerprint density at radius 3 is 2.54 bits per heavy atom. The smallest absolute Gasteiger partial charge is 0.0648 e. The largest absolute Gasteiger partial charge is 0.288 e. The van der Waals surface area contributed by atoms with Crippen molar-refractivity contribution in [2.45, 2.75) is 20.8 Å². The SMILES string of the molecule is C/C=C/C(=NC)c1ccsc1.CC. The van der Waals surface area contributed by atoms with Crippen molar-refractivity contribution in [3.63, 3.8) is 0 Å². The van der Waals surface area contributed by atoms with E-state index in [9.17, 15) is 0 Å². The first-order valence-electron chi connectivity index (χ1n) is 4.50. The molecule has 0 radical (unpaired) electrons. The Kier molecular flexibility index (Phi) is 7.21. The Morgan fingerprint density at radius 1 is 1.46 bits per heavy atom. The average Bonchev–Trinajstić information content (AvgIpc) is 2.70. The lowest BCUT2D eigenvalue weighted by atomic mass is 10.2. The van der Waals surface area contributed by atoms with Gasteiger partial charge in [0.2, 0.25) is 0 Å². The summed E-state index contributed by atoms with van der Waals surface area (Å²) in [4.78, 5) is 4.16. The third-order valence-electron chi connectivity index (χ3n) is 1.38. The van der Waals surface area contributed by atoms with E-state index in [4.69, 9.17) is 0 Å². The van der Waals surface area contributed by atoms with Gasteiger partial charge < -0.3 is 0 Å². The molecule has 0 amide bonds. The molecule has 0 aliphatic heterocycles. The van der Waals surface area contributed by atoms with Gasteiger partial charge in [0, 0.05) is 18.0 Å². The molecule has 0 saturated carbocycles. The number of thiophene rings is 1. The number of hydrogen-bond donors (Lipinski definition) is 0. The van der Waals surface area contributed by atoms with Crippen LogP contribution >= 0.6 is 11.3 Å². The minimum Gasteiger partial charge on any atom is -0.288 e. The molecule has 1 heterocycles. The van der Waals surface area contributed by atoms with Crippen molar-refractivity contribution < 1.29 is 0 Å². The maximum Gasteiger partial charge on any atom is 0.0648 e. The molecule has 1 aromatic rings. The molecule has 0 aromatic carbocycles. The van der Waals surface area contributed by atoms with Crippen LogP contribution in [-0.4, -0.2) is 12.8 Å². The number of allylic oxidation sites excluding steroid dienone is 2. The summed E-state index contributed by atoms with van der Waals surface area (Å²) >= 11 is 1.69. The van der Waals surface area contributed by atoms with Gasteiger partial charge in [0.05, 0.1) is 5.71 Å². The fourth-order valence-corrected chi connectivity index (χ4v) is 1.52. The normalized spacial score (nSPS) is 11.2. The first-order chi connectivity index (χ1) is 6.38. The summed E-state index contributed by atoms with van der Waals surface area (Å²) in [5.74, 6) is 0. The van der Waals surface area contributed by atoms with Crippen molar-refractivity contribution in [1.29, 1.82) is 0 Å². The molecular weight excluding hydrogens is 178 g/mol. The van der Waals surface area contributed by atoms with Crippen LogP contribution in [0.3, 0.4) is 0 Å². The van der Waals surface area contributed by atoms with Gasteiger partial charge in [-0.15, -0.1) is 0 Å². The molecule has 1 aromatic heterocycles. The highest BCUT2D eigenvalue weighted by molar-refractivity contribution is 7.08. The summed E-state index contributed by atoms with van der Waals surface area (Å²) in [6.07, 6.45) is 4.02. The molecule has 0 aliphatic carbocycles. The lowest BCUT2D eigenvalue weighted by molar-refractivity contribution is 1.44. The maximum absolute atomic E-state index is 4.16. The topological polar surface area (TPSA) is 12.4 Å². The van der Waals surface area contributed by atoms with Crippen LogP contribution in [0.2, 0.25) is 0 Å². The van der Waals surface area contributed by atoms with Crippen LogP contribution in [0.5, 0.6) is 0 Å². The zero-order chi connectivity index (χ0) is 10.1. The van der Waals surface area contributed by atoms with Gasteiger partial charge in [0.25, 0.3) is 0 Å². The Labute approximate surface area is 84.8 Å². The molecule has 0 atom stereocenters. The maximum atomic E-state index is 4.16. The van der Waals surface area contributed by atoms with Crippen LogP contribution in [0.25, 0.3) is 0 Å². The summed E-state index contributed by atoms with van der Waals surface area (Å²) in [5.41, 5.74) is 2.25. The second-order valence-corrected chi connectivity index (χ2v) is 2.90. The van der Waals surface area contributed by atoms with Crippen molar-refractivity contribution in [2.24, 2.45) is 4.99 Å². The van der Waals surface area contributed by atoms with E-state index < -0.39 is 0 Å². The minimum absolute atomic E-state index is 1.05. The number of hydrogen-bond acceptors (Lipinski definition) is 2. The van der Waals surface area contributed by atoms with Crippen LogP contribution in [-0.2, 0) is 0 Å². The van der Waals surface area contributed by atoms with E-state index in [-0.39, 0.29) is 0 Å². The highest BCUT2D eigenvalue weighted by atomic mass is 32.1. The summed E-state index contributed by atoms with van der Waals surface area (Å²) in [5, 5.41) is 4.16. The van der Waals surface area contributed by atoms with E-state index >= 15 is 0 Å². The van der Waals surface area contributed by atoms with E-state index in [1.165, 1.54) is 5.56 Å². The minimum atomic E-state index is 1.05. The van der Waals surface area contributed by atoms with Crippen molar-refractivity contribution >= 4 is 17.0 Å². The van der Waals surface area contributed by atoms with Gasteiger partial charge in [-0.2, -0.15) is 11.3 Å². The zero-order valence-corrected chi connectivity index (χ0v) is 9.56. The lowest BCUT2D eigenvalue weighted by Gasteiger charge is -1.93. The third-order valence-corrected chi connectivity index (χ3v) is 2.07. The molecular formula is C11H17NS. The number of aliphatic imine (C=N–C) groups is 1. The molecule has 0 spiro atoms. The first-order valence-corrected chi connectivity index (χ1v) is 5.45. The molecule has 0 saturated heterocycles. The standard InChI is InChI=1S/C9H11NS.C2H6/c1-3-4-9(10-2)8-5-6-11-7-8;1-2/h3-7H,1-2H3;1-2H3/b4-3+,10-9?;. The Morgan fingerprint density at radius 2 is 2.15 bits per heavy atom. The predicted octanol–water partition coefficient (Wildman–Crippen LogP) is 3.77. The van der Waals surface area contributed by atoms with Gasteiger partial charge in [0.15, 0.2) is 0 Å². The Bertz CT molecular complexity index is 258. The summed E-state index contributed by atoms with van der Waals surface area (Å²) in [6, 6.07) is 2.08. The summed E-state index contributed by atoms with van der Waals surface area (Å²) in [7, 11) is 1.81. The zero-order valence-electron chi connectivity index (χ0n) is 8.74. The van der Waals surface area contributed by atoms with Crippen LogP contribution in [0, 0.1) is 0 Å². The van der Waals surface area contributed by atoms with E-state index in [2.05, 4.69) is 21.8 Å². The van der Waals surface area contributed by atoms with Crippen molar-refractivity contribution in [3.8, 4) is 0 Å². The fraction of sp³-hybridized carbons (Fsp3) is 0.364. The second kappa shape index (κ2) is 7.74. The molecule has 0 N–H and O–H groups in total. The second-order valence-electron chi connectivity index (χ2n) is 2.12. The number of rotatable bonds is 2. The lowest BCUT2D eigenvalue weighted by Crippen LogP contribution is -1.92. The van der Waals surface area contributed by atoms with Gasteiger partial charge in [-0.05, 0) is 24.4 Å². The van der Waals surface area contributed by atoms with E-state index in [0.29, 0.717) is 0 Å². The van der Waals surface area contributed by atoms with E-state index in [1.54, 1.807) is 11.3 Å². The highest BCUT2D eigenvalue weighted by Crippen LogP contribution is 2.07. The molecule has 0 aliphatic rings. The molecule has 1 rings (SSSR count). The predicted molar refractivity (Wildman–Crippen MR) is 62.9 cm³/mol. The molecule has 0 fully saturated rings. The van der Waals surface area contributed by atoms with Crippen LogP contribution < -0.4 is 0 Å². The van der Waals surface area contributed by atoms with Crippen molar-refractivity contribution in [2.75, 3.05) is 7.05 Å². The molecule has 1 nitrogen and oxygen atoms in total. The molecule has 13 heavy (non-hydrogen) atoms. The third kappa shape index (κ3) is 4.04. The van der Waals surface area contributed by atoms with Gasteiger partial charge in [0.1, 0.15) is 0 Å². The molecule has 0 bridgehead atoms. The summed E-state index contributed by atoms with van der Waals surface area (Å²) < 4.78 is 0. The van der Waals surface area contributed by atoms with Gasteiger partial charge >= 0.3 is 0 Å². The van der Waals surface area contributed by atoms with Gasteiger partial charge in [-0.25, -0.2) is 0 Å². The molecule has 2 heteroatoms. The monoisotopic (exact) mass is 195 g/mol. The number of nitrogens with zero attached hydrogens (tertiary/aromatic N) is 1. The van der Waals surface area contributed by atoms with Crippen molar-refractivity contribution in [1.82, 2.24) is 0 Å². The Hall–Kier alpha value is -0.890. The van der Waals surface area contributed by atoms with Gasteiger partial charge in [-0.3, -0.25) is 4.99 Å². The van der Waals surface area contributed by atoms with Crippen LogP contribution in [0.1, 0.15) is 26.3 Å².